The summed E-state index contributed by atoms with van der Waals surface area (Å²) in [6.45, 7) is 0. The van der Waals surface area contributed by atoms with Gasteiger partial charge in [-0.3, -0.25) is 0 Å². The van der Waals surface area contributed by atoms with Gasteiger partial charge in [0.05, 0.1) is 5.02 Å². The lowest BCUT2D eigenvalue weighted by atomic mass is 9.89. The number of para-hydroxylation sites is 2. The van der Waals surface area contributed by atoms with E-state index in [0.29, 0.717) is 12.8 Å². The Balaban J connectivity index is 1.39. The van der Waals surface area contributed by atoms with Gasteiger partial charge in [0.1, 0.15) is 10.6 Å². The first-order chi connectivity index (χ1) is 17.6. The van der Waals surface area contributed by atoms with Gasteiger partial charge in [-0.05, 0) is 73.9 Å². The zero-order valence-corrected chi connectivity index (χ0v) is 21.4. The van der Waals surface area contributed by atoms with E-state index >= 15 is 0 Å². The molecular weight excluding hydrogens is 525 g/mol. The molecule has 196 valence electrons. The fraction of sp³-hybridized carbons (Fsp3) is 0.333. The maximum atomic E-state index is 13.2. The van der Waals surface area contributed by atoms with Gasteiger partial charge in [0.25, 0.3) is 0 Å². The molecule has 3 aromatic carbocycles. The normalized spacial score (nSPS) is 20.1. The fourth-order valence-corrected chi connectivity index (χ4v) is 7.21. The monoisotopic (exact) mass is 550 g/mol. The van der Waals surface area contributed by atoms with Crippen LogP contribution >= 0.6 is 11.6 Å². The molecule has 1 heterocycles. The van der Waals surface area contributed by atoms with Gasteiger partial charge < -0.3 is 9.64 Å². The Bertz CT molecular complexity index is 1350. The Hall–Kier alpha value is -2.75. The molecule has 1 N–H and O–H groups in total. The van der Waals surface area contributed by atoms with Crippen LogP contribution in [0, 0.1) is 0 Å². The zero-order chi connectivity index (χ0) is 26.2. The van der Waals surface area contributed by atoms with Crippen LogP contribution in [0.25, 0.3) is 0 Å². The number of benzene rings is 3. The van der Waals surface area contributed by atoms with Crippen molar-refractivity contribution in [3.05, 3.63) is 82.9 Å². The van der Waals surface area contributed by atoms with Crippen molar-refractivity contribution in [1.29, 1.82) is 0 Å². The van der Waals surface area contributed by atoms with Crippen LogP contribution in [-0.2, 0) is 22.9 Å². The van der Waals surface area contributed by atoms with Crippen LogP contribution in [0.4, 0.5) is 24.5 Å². The third-order valence-corrected chi connectivity index (χ3v) is 8.93. The Kier molecular flexibility index (Phi) is 7.13. The van der Waals surface area contributed by atoms with Crippen molar-refractivity contribution in [1.82, 2.24) is 4.72 Å². The van der Waals surface area contributed by atoms with Gasteiger partial charge in [0, 0.05) is 29.5 Å². The number of halogens is 4. The molecule has 0 spiro atoms. The van der Waals surface area contributed by atoms with E-state index in [-0.39, 0.29) is 22.0 Å². The highest BCUT2D eigenvalue weighted by atomic mass is 35.5. The highest BCUT2D eigenvalue weighted by Crippen LogP contribution is 2.41. The van der Waals surface area contributed by atoms with Gasteiger partial charge in [-0.25, -0.2) is 13.1 Å². The van der Waals surface area contributed by atoms with E-state index < -0.39 is 22.1 Å². The van der Waals surface area contributed by atoms with Gasteiger partial charge in [-0.2, -0.15) is 0 Å². The van der Waals surface area contributed by atoms with Crippen LogP contribution < -0.4 is 14.4 Å². The minimum Gasteiger partial charge on any atom is -0.406 e. The summed E-state index contributed by atoms with van der Waals surface area (Å²) >= 11 is 6.07. The molecule has 5 rings (SSSR count). The molecule has 1 saturated carbocycles. The van der Waals surface area contributed by atoms with Crippen LogP contribution in [0.15, 0.2) is 71.6 Å². The Morgan fingerprint density at radius 2 is 1.54 bits per heavy atom. The second-order valence-corrected chi connectivity index (χ2v) is 11.5. The molecular formula is C27H26ClF3N2O3S. The number of sulfonamides is 1. The summed E-state index contributed by atoms with van der Waals surface area (Å²) in [7, 11) is -4.07. The minimum atomic E-state index is -4.90. The number of fused-ring (bicyclic) bond motifs is 2. The molecule has 2 atom stereocenters. The minimum absolute atomic E-state index is 0.0693. The maximum absolute atomic E-state index is 13.2. The predicted molar refractivity (Wildman–Crippen MR) is 137 cm³/mol. The molecule has 1 aliphatic heterocycles. The zero-order valence-electron chi connectivity index (χ0n) is 19.8. The number of rotatable bonds is 5. The molecule has 0 amide bonds. The molecule has 2 aliphatic rings. The van der Waals surface area contributed by atoms with Crippen molar-refractivity contribution in [2.24, 2.45) is 0 Å². The second-order valence-electron chi connectivity index (χ2n) is 9.41. The Morgan fingerprint density at radius 1 is 0.919 bits per heavy atom. The lowest BCUT2D eigenvalue weighted by molar-refractivity contribution is -0.274. The topological polar surface area (TPSA) is 58.6 Å². The van der Waals surface area contributed by atoms with Gasteiger partial charge in [0.2, 0.25) is 10.0 Å². The highest BCUT2D eigenvalue weighted by molar-refractivity contribution is 7.89. The molecule has 3 aromatic rings. The van der Waals surface area contributed by atoms with E-state index in [2.05, 4.69) is 38.6 Å². The molecule has 0 aromatic heterocycles. The number of nitrogens with one attached hydrogen (secondary N) is 1. The van der Waals surface area contributed by atoms with E-state index in [0.717, 1.165) is 55.3 Å². The van der Waals surface area contributed by atoms with Crippen molar-refractivity contribution < 1.29 is 26.3 Å². The summed E-state index contributed by atoms with van der Waals surface area (Å²) in [5.41, 5.74) is 4.80. The Morgan fingerprint density at radius 3 is 2.14 bits per heavy atom. The third-order valence-electron chi connectivity index (χ3n) is 6.93. The van der Waals surface area contributed by atoms with Crippen LogP contribution in [-0.4, -0.2) is 26.9 Å². The quantitative estimate of drug-likeness (QED) is 0.381. The van der Waals surface area contributed by atoms with Crippen molar-refractivity contribution in [2.75, 3.05) is 4.90 Å². The van der Waals surface area contributed by atoms with Crippen LogP contribution in [0.3, 0.4) is 0 Å². The smallest absolute Gasteiger partial charge is 0.406 e. The van der Waals surface area contributed by atoms with Crippen LogP contribution in [0.5, 0.6) is 5.75 Å². The summed E-state index contributed by atoms with van der Waals surface area (Å²) in [5.74, 6) is -0.576. The SMILES string of the molecule is O=S(=O)(N[C@H]1CCC[C@@H](N2c3ccccc3CCc3ccccc32)C1)c1ccc(OC(F)(F)F)cc1Cl. The Labute approximate surface area is 219 Å². The van der Waals surface area contributed by atoms with Crippen molar-refractivity contribution in [3.8, 4) is 5.75 Å². The van der Waals surface area contributed by atoms with Crippen LogP contribution in [0.2, 0.25) is 5.02 Å². The molecule has 1 aliphatic carbocycles. The summed E-state index contributed by atoms with van der Waals surface area (Å²) in [5, 5.41) is -0.336. The fourth-order valence-electron chi connectivity index (χ4n) is 5.39. The van der Waals surface area contributed by atoms with Gasteiger partial charge >= 0.3 is 6.36 Å². The third kappa shape index (κ3) is 5.73. The number of anilines is 2. The molecule has 0 unspecified atom stereocenters. The molecule has 10 heteroatoms. The second kappa shape index (κ2) is 10.2. The molecule has 1 fully saturated rings. The predicted octanol–water partition coefficient (Wildman–Crippen LogP) is 6.77. The highest BCUT2D eigenvalue weighted by Gasteiger charge is 2.34. The van der Waals surface area contributed by atoms with Crippen molar-refractivity contribution in [3.63, 3.8) is 0 Å². The van der Waals surface area contributed by atoms with Crippen LogP contribution in [0.1, 0.15) is 36.8 Å². The van der Waals surface area contributed by atoms with Gasteiger partial charge in [-0.15, -0.1) is 13.2 Å². The van der Waals surface area contributed by atoms with Crippen molar-refractivity contribution >= 4 is 33.0 Å². The molecule has 5 nitrogen and oxygen atoms in total. The van der Waals surface area contributed by atoms with E-state index in [4.69, 9.17) is 11.6 Å². The first-order valence-electron chi connectivity index (χ1n) is 12.1. The maximum Gasteiger partial charge on any atom is 0.573 e. The van der Waals surface area contributed by atoms with E-state index in [1.165, 1.54) is 11.1 Å². The van der Waals surface area contributed by atoms with Crippen molar-refractivity contribution in [2.45, 2.75) is 61.9 Å². The first kappa shape index (κ1) is 25.9. The summed E-state index contributed by atoms with van der Waals surface area (Å²) < 4.78 is 70.5. The van der Waals surface area contributed by atoms with E-state index in [1.54, 1.807) is 0 Å². The first-order valence-corrected chi connectivity index (χ1v) is 14.0. The standard InChI is InChI=1S/C27H26ClF3N2O3S/c28-23-17-22(36-27(29,30)31)14-15-26(23)37(34,35)32-20-8-5-9-21(16-20)33-24-10-3-1-6-18(24)12-13-19-7-2-4-11-25(19)33/h1-4,6-7,10-11,14-15,17,20-21,32H,5,8-9,12-13,16H2/t20-,21+/m0/s1. The number of ether oxygens (including phenoxy) is 1. The average Bonchev–Trinajstić information content (AvgIpc) is 3.00. The summed E-state index contributed by atoms with van der Waals surface area (Å²) in [6, 6.07) is 19.2. The largest absolute Gasteiger partial charge is 0.573 e. The van der Waals surface area contributed by atoms with Gasteiger partial charge in [-0.1, -0.05) is 48.0 Å². The number of hydrogen-bond acceptors (Lipinski definition) is 4. The number of nitrogens with zero attached hydrogens (tertiary/aromatic N) is 1. The number of alkyl halides is 3. The summed E-state index contributed by atoms with van der Waals surface area (Å²) in [6.07, 6.45) is -0.0773. The van der Waals surface area contributed by atoms with Gasteiger partial charge in [0.15, 0.2) is 0 Å². The molecule has 0 saturated heterocycles. The molecule has 37 heavy (non-hydrogen) atoms. The molecule has 0 radical (unpaired) electrons. The lowest BCUT2D eigenvalue weighted by Gasteiger charge is -2.40. The lowest BCUT2D eigenvalue weighted by Crippen LogP contribution is -2.44. The number of aryl methyl sites for hydroxylation is 2. The van der Waals surface area contributed by atoms with E-state index in [1.807, 2.05) is 24.3 Å². The average molecular weight is 551 g/mol. The number of hydrogen-bond donors (Lipinski definition) is 1. The van der Waals surface area contributed by atoms with E-state index in [9.17, 15) is 21.6 Å². The molecule has 0 bridgehead atoms. The summed E-state index contributed by atoms with van der Waals surface area (Å²) in [4.78, 5) is 2.07.